The molecule has 26 heavy (non-hydrogen) atoms. The van der Waals surface area contributed by atoms with E-state index in [4.69, 9.17) is 0 Å². The summed E-state index contributed by atoms with van der Waals surface area (Å²) >= 11 is 0. The number of rotatable bonds is 7. The van der Waals surface area contributed by atoms with E-state index in [1.54, 1.807) is 56.4 Å². The lowest BCUT2D eigenvalue weighted by molar-refractivity contribution is -0.130. The number of aryl methyl sites for hydroxylation is 2. The highest BCUT2D eigenvalue weighted by Crippen LogP contribution is 2.18. The smallest absolute Gasteiger partial charge is 0.240 e. The number of benzene rings is 2. The molecule has 0 aromatic heterocycles. The fraction of sp³-hybridized carbons (Fsp3) is 0.316. The molecular weight excluding hydrogens is 352 g/mol. The maximum absolute atomic E-state index is 12.4. The number of sulfonamides is 1. The fourth-order valence-corrected chi connectivity index (χ4v) is 3.91. The van der Waals surface area contributed by atoms with Gasteiger partial charge in [0.1, 0.15) is 5.75 Å². The summed E-state index contributed by atoms with van der Waals surface area (Å²) in [5.74, 6) is -0.0840. The van der Waals surface area contributed by atoms with E-state index in [9.17, 15) is 18.3 Å². The third-order valence-electron chi connectivity index (χ3n) is 4.08. The molecule has 0 heterocycles. The minimum absolute atomic E-state index is 0.0135. The van der Waals surface area contributed by atoms with Crippen LogP contribution in [0.5, 0.6) is 5.75 Å². The Labute approximate surface area is 154 Å². The number of para-hydroxylation sites is 1. The minimum Gasteiger partial charge on any atom is -0.508 e. The molecule has 0 saturated carbocycles. The van der Waals surface area contributed by atoms with Crippen molar-refractivity contribution in [3.8, 4) is 5.75 Å². The average molecular weight is 376 g/mol. The molecule has 2 N–H and O–H groups in total. The lowest BCUT2D eigenvalue weighted by atomic mass is 10.2. The number of hydrogen-bond acceptors (Lipinski definition) is 4. The largest absolute Gasteiger partial charge is 0.508 e. The summed E-state index contributed by atoms with van der Waals surface area (Å²) < 4.78 is 27.2. The maximum Gasteiger partial charge on any atom is 0.240 e. The second-order valence-electron chi connectivity index (χ2n) is 6.30. The molecular formula is C19H24N2O4S. The van der Waals surface area contributed by atoms with E-state index in [2.05, 4.69) is 4.72 Å². The molecule has 0 unspecified atom stereocenters. The predicted octanol–water partition coefficient (Wildman–Crippen LogP) is 2.34. The SMILES string of the molecule is Cc1ccc(S(=O)(=O)NCCC(=O)N(C)Cc2ccccc2O)c(C)c1. The van der Waals surface area contributed by atoms with Crippen LogP contribution in [0.25, 0.3) is 0 Å². The van der Waals surface area contributed by atoms with Crippen molar-refractivity contribution in [3.05, 3.63) is 59.2 Å². The van der Waals surface area contributed by atoms with Crippen LogP contribution in [0, 0.1) is 13.8 Å². The van der Waals surface area contributed by atoms with Crippen LogP contribution in [0.1, 0.15) is 23.1 Å². The summed E-state index contributed by atoms with van der Waals surface area (Å²) in [7, 11) is -2.04. The van der Waals surface area contributed by atoms with E-state index in [0.717, 1.165) is 5.56 Å². The van der Waals surface area contributed by atoms with Crippen LogP contribution in [0.4, 0.5) is 0 Å². The summed E-state index contributed by atoms with van der Waals surface area (Å²) in [5.41, 5.74) is 2.29. The molecule has 2 rings (SSSR count). The lowest BCUT2D eigenvalue weighted by Crippen LogP contribution is -2.32. The summed E-state index contributed by atoms with van der Waals surface area (Å²) in [6.45, 7) is 3.91. The number of carbonyl (C=O) groups excluding carboxylic acids is 1. The van der Waals surface area contributed by atoms with Crippen LogP contribution < -0.4 is 4.72 Å². The fourth-order valence-electron chi connectivity index (χ4n) is 2.65. The maximum atomic E-state index is 12.4. The Morgan fingerprint density at radius 3 is 2.50 bits per heavy atom. The molecule has 1 amide bonds. The topological polar surface area (TPSA) is 86.7 Å². The van der Waals surface area contributed by atoms with E-state index in [1.807, 2.05) is 6.92 Å². The summed E-state index contributed by atoms with van der Waals surface area (Å²) in [6.07, 6.45) is 0.0359. The molecule has 0 saturated heterocycles. The van der Waals surface area contributed by atoms with Crippen molar-refractivity contribution in [1.29, 1.82) is 0 Å². The first-order valence-electron chi connectivity index (χ1n) is 8.28. The molecule has 140 valence electrons. The van der Waals surface area contributed by atoms with Crippen molar-refractivity contribution in [3.63, 3.8) is 0 Å². The van der Waals surface area contributed by atoms with Crippen molar-refractivity contribution in [2.24, 2.45) is 0 Å². The van der Waals surface area contributed by atoms with Gasteiger partial charge in [-0.2, -0.15) is 0 Å². The van der Waals surface area contributed by atoms with E-state index in [-0.39, 0.29) is 36.1 Å². The van der Waals surface area contributed by atoms with Gasteiger partial charge < -0.3 is 10.0 Å². The third-order valence-corrected chi connectivity index (χ3v) is 5.70. The molecule has 0 fully saturated rings. The Hall–Kier alpha value is -2.38. The molecule has 7 heteroatoms. The highest BCUT2D eigenvalue weighted by atomic mass is 32.2. The summed E-state index contributed by atoms with van der Waals surface area (Å²) in [6, 6.07) is 11.9. The second-order valence-corrected chi connectivity index (χ2v) is 8.03. The number of hydrogen-bond donors (Lipinski definition) is 2. The van der Waals surface area contributed by atoms with Gasteiger partial charge in [0.25, 0.3) is 0 Å². The minimum atomic E-state index is -3.66. The number of carbonyl (C=O) groups is 1. The first kappa shape index (κ1) is 19.9. The quantitative estimate of drug-likeness (QED) is 0.776. The van der Waals surface area contributed by atoms with Gasteiger partial charge in [0.2, 0.25) is 15.9 Å². The lowest BCUT2D eigenvalue weighted by Gasteiger charge is -2.18. The molecule has 0 radical (unpaired) electrons. The van der Waals surface area contributed by atoms with Crippen molar-refractivity contribution in [2.45, 2.75) is 31.7 Å². The molecule has 0 aliphatic rings. The standard InChI is InChI=1S/C19H24N2O4S/c1-14-8-9-18(15(2)12-14)26(24,25)20-11-10-19(23)21(3)13-16-6-4-5-7-17(16)22/h4-9,12,20,22H,10-11,13H2,1-3H3. The highest BCUT2D eigenvalue weighted by molar-refractivity contribution is 7.89. The Morgan fingerprint density at radius 1 is 1.15 bits per heavy atom. The number of phenols is 1. The van der Waals surface area contributed by atoms with Gasteiger partial charge in [0.05, 0.1) is 4.90 Å². The van der Waals surface area contributed by atoms with Crippen LogP contribution in [0.3, 0.4) is 0 Å². The Kier molecular flexibility index (Phi) is 6.39. The van der Waals surface area contributed by atoms with Gasteiger partial charge in [0, 0.05) is 32.1 Å². The number of aromatic hydroxyl groups is 1. The Balaban J connectivity index is 1.92. The van der Waals surface area contributed by atoms with Gasteiger partial charge >= 0.3 is 0 Å². The van der Waals surface area contributed by atoms with E-state index in [0.29, 0.717) is 11.1 Å². The zero-order valence-corrected chi connectivity index (χ0v) is 16.0. The number of phenolic OH excluding ortho intramolecular Hbond substituents is 1. The first-order chi connectivity index (χ1) is 12.2. The van der Waals surface area contributed by atoms with Crippen molar-refractivity contribution in [2.75, 3.05) is 13.6 Å². The molecule has 0 spiro atoms. The molecule has 2 aromatic carbocycles. The van der Waals surface area contributed by atoms with Crippen molar-refractivity contribution in [1.82, 2.24) is 9.62 Å². The number of nitrogens with one attached hydrogen (secondary N) is 1. The zero-order chi connectivity index (χ0) is 19.3. The van der Waals surface area contributed by atoms with Crippen molar-refractivity contribution < 1.29 is 18.3 Å². The van der Waals surface area contributed by atoms with Gasteiger partial charge in [-0.3, -0.25) is 4.79 Å². The number of amides is 1. The van der Waals surface area contributed by atoms with Gasteiger partial charge in [0.15, 0.2) is 0 Å². The van der Waals surface area contributed by atoms with Gasteiger partial charge in [-0.25, -0.2) is 13.1 Å². The van der Waals surface area contributed by atoms with Crippen LogP contribution in [-0.4, -0.2) is 37.9 Å². The van der Waals surface area contributed by atoms with Crippen LogP contribution in [-0.2, 0) is 21.4 Å². The Bertz CT molecular complexity index is 894. The summed E-state index contributed by atoms with van der Waals surface area (Å²) in [5, 5.41) is 9.77. The van der Waals surface area contributed by atoms with E-state index < -0.39 is 10.0 Å². The van der Waals surface area contributed by atoms with Crippen molar-refractivity contribution >= 4 is 15.9 Å². The molecule has 2 aromatic rings. The van der Waals surface area contributed by atoms with Crippen LogP contribution in [0.2, 0.25) is 0 Å². The molecule has 6 nitrogen and oxygen atoms in total. The first-order valence-corrected chi connectivity index (χ1v) is 9.77. The van der Waals surface area contributed by atoms with Crippen LogP contribution >= 0.6 is 0 Å². The second kappa shape index (κ2) is 8.33. The number of nitrogens with zero attached hydrogens (tertiary/aromatic N) is 1. The molecule has 0 aliphatic carbocycles. The molecule has 0 bridgehead atoms. The summed E-state index contributed by atoms with van der Waals surface area (Å²) in [4.78, 5) is 13.9. The monoisotopic (exact) mass is 376 g/mol. The predicted molar refractivity (Wildman–Crippen MR) is 100 cm³/mol. The molecule has 0 atom stereocenters. The van der Waals surface area contributed by atoms with Gasteiger partial charge in [-0.15, -0.1) is 0 Å². The average Bonchev–Trinajstić information content (AvgIpc) is 2.56. The normalized spacial score (nSPS) is 11.3. The highest BCUT2D eigenvalue weighted by Gasteiger charge is 2.18. The molecule has 0 aliphatic heterocycles. The Morgan fingerprint density at radius 2 is 1.85 bits per heavy atom. The third kappa shape index (κ3) is 5.06. The van der Waals surface area contributed by atoms with Gasteiger partial charge in [-0.1, -0.05) is 35.9 Å². The van der Waals surface area contributed by atoms with Gasteiger partial charge in [-0.05, 0) is 31.5 Å². The van der Waals surface area contributed by atoms with E-state index in [1.165, 1.54) is 4.90 Å². The van der Waals surface area contributed by atoms with Crippen LogP contribution in [0.15, 0.2) is 47.4 Å². The zero-order valence-electron chi connectivity index (χ0n) is 15.2. The van der Waals surface area contributed by atoms with E-state index >= 15 is 0 Å².